The van der Waals surface area contributed by atoms with Crippen LogP contribution in [0.1, 0.15) is 19.4 Å². The molecule has 1 aromatic rings. The van der Waals surface area contributed by atoms with Gasteiger partial charge in [-0.15, -0.1) is 0 Å². The Morgan fingerprint density at radius 1 is 1.38 bits per heavy atom. The van der Waals surface area contributed by atoms with Crippen molar-refractivity contribution in [2.75, 3.05) is 19.7 Å². The molecule has 0 spiro atoms. The van der Waals surface area contributed by atoms with Crippen molar-refractivity contribution in [3.8, 4) is 5.75 Å². The van der Waals surface area contributed by atoms with E-state index in [9.17, 15) is 13.2 Å². The SMILES string of the molecule is CCN(CC)C(=O)C1COc2ccc(S(N)(=O)=O)cc2C1. The van der Waals surface area contributed by atoms with Crippen LogP contribution in [0, 0.1) is 5.92 Å². The summed E-state index contributed by atoms with van der Waals surface area (Å²) in [6.45, 7) is 5.47. The van der Waals surface area contributed by atoms with Crippen molar-refractivity contribution in [1.29, 1.82) is 0 Å². The summed E-state index contributed by atoms with van der Waals surface area (Å²) in [5.74, 6) is 0.366. The summed E-state index contributed by atoms with van der Waals surface area (Å²) in [7, 11) is -3.75. The first-order chi connectivity index (χ1) is 9.86. The van der Waals surface area contributed by atoms with E-state index >= 15 is 0 Å². The van der Waals surface area contributed by atoms with Crippen LogP contribution in [0.2, 0.25) is 0 Å². The zero-order valence-electron chi connectivity index (χ0n) is 12.2. The fraction of sp³-hybridized carbons (Fsp3) is 0.500. The van der Waals surface area contributed by atoms with Gasteiger partial charge in [-0.25, -0.2) is 13.6 Å². The lowest BCUT2D eigenvalue weighted by atomic mass is 9.95. The van der Waals surface area contributed by atoms with Crippen molar-refractivity contribution >= 4 is 15.9 Å². The summed E-state index contributed by atoms with van der Waals surface area (Å²) in [6.07, 6.45) is 0.466. The molecule has 0 saturated heterocycles. The Bertz CT molecular complexity index is 638. The zero-order valence-corrected chi connectivity index (χ0v) is 13.0. The second-order valence-electron chi connectivity index (χ2n) is 5.04. The molecule has 1 aliphatic heterocycles. The molecule has 2 rings (SSSR count). The highest BCUT2D eigenvalue weighted by atomic mass is 32.2. The molecule has 0 aromatic heterocycles. The fourth-order valence-corrected chi connectivity index (χ4v) is 3.06. The highest BCUT2D eigenvalue weighted by Gasteiger charge is 2.29. The number of carbonyl (C=O) groups is 1. The van der Waals surface area contributed by atoms with E-state index in [1.54, 1.807) is 11.0 Å². The maximum atomic E-state index is 12.4. The molecule has 0 radical (unpaired) electrons. The van der Waals surface area contributed by atoms with Crippen LogP contribution in [0.15, 0.2) is 23.1 Å². The standard InChI is InChI=1S/C14H20N2O4S/c1-3-16(4-2)14(17)11-7-10-8-12(21(15,18)19)5-6-13(10)20-9-11/h5-6,8,11H,3-4,7,9H2,1-2H3,(H2,15,18,19). The van der Waals surface area contributed by atoms with E-state index in [-0.39, 0.29) is 16.7 Å². The van der Waals surface area contributed by atoms with Crippen LogP contribution < -0.4 is 9.88 Å². The molecule has 116 valence electrons. The third-order valence-electron chi connectivity index (χ3n) is 3.69. The first kappa shape index (κ1) is 15.8. The third kappa shape index (κ3) is 3.36. The molecule has 21 heavy (non-hydrogen) atoms. The van der Waals surface area contributed by atoms with Gasteiger partial charge in [0.15, 0.2) is 0 Å². The van der Waals surface area contributed by atoms with Gasteiger partial charge in [-0.05, 0) is 44.0 Å². The number of benzene rings is 1. The Labute approximate surface area is 124 Å². The Morgan fingerprint density at radius 2 is 2.05 bits per heavy atom. The van der Waals surface area contributed by atoms with Crippen LogP contribution in [0.25, 0.3) is 0 Å². The lowest BCUT2D eigenvalue weighted by Crippen LogP contribution is -2.40. The molecule has 1 aromatic carbocycles. The minimum atomic E-state index is -3.75. The minimum absolute atomic E-state index is 0.0339. The third-order valence-corrected chi connectivity index (χ3v) is 4.60. The van der Waals surface area contributed by atoms with Gasteiger partial charge >= 0.3 is 0 Å². The van der Waals surface area contributed by atoms with E-state index in [2.05, 4.69) is 0 Å². The number of primary sulfonamides is 1. The summed E-state index contributed by atoms with van der Waals surface area (Å²) in [6, 6.07) is 4.50. The normalized spacial score (nSPS) is 17.8. The van der Waals surface area contributed by atoms with Crippen LogP contribution in [0.5, 0.6) is 5.75 Å². The van der Waals surface area contributed by atoms with Crippen molar-refractivity contribution in [2.24, 2.45) is 11.1 Å². The Hall–Kier alpha value is -1.60. The lowest BCUT2D eigenvalue weighted by Gasteiger charge is -2.29. The van der Waals surface area contributed by atoms with E-state index in [4.69, 9.17) is 9.88 Å². The van der Waals surface area contributed by atoms with Gasteiger partial charge in [0.25, 0.3) is 0 Å². The molecule has 0 fully saturated rings. The fourth-order valence-electron chi connectivity index (χ4n) is 2.50. The van der Waals surface area contributed by atoms with Gasteiger partial charge < -0.3 is 9.64 Å². The maximum Gasteiger partial charge on any atom is 0.238 e. The molecule has 0 bridgehead atoms. The first-order valence-electron chi connectivity index (χ1n) is 6.94. The van der Waals surface area contributed by atoms with Gasteiger partial charge in [0.1, 0.15) is 12.4 Å². The maximum absolute atomic E-state index is 12.4. The summed E-state index contributed by atoms with van der Waals surface area (Å²) in [4.78, 5) is 14.1. The van der Waals surface area contributed by atoms with E-state index in [1.807, 2.05) is 13.8 Å². The molecule has 1 unspecified atom stereocenters. The van der Waals surface area contributed by atoms with Crippen molar-refractivity contribution in [3.05, 3.63) is 23.8 Å². The van der Waals surface area contributed by atoms with E-state index in [0.29, 0.717) is 37.4 Å². The van der Waals surface area contributed by atoms with E-state index < -0.39 is 10.0 Å². The number of amides is 1. The average Bonchev–Trinajstić information content (AvgIpc) is 2.46. The number of sulfonamides is 1. The van der Waals surface area contributed by atoms with Gasteiger partial charge in [-0.1, -0.05) is 0 Å². The van der Waals surface area contributed by atoms with Crippen molar-refractivity contribution in [2.45, 2.75) is 25.2 Å². The highest BCUT2D eigenvalue weighted by Crippen LogP contribution is 2.30. The number of nitrogens with two attached hydrogens (primary N) is 1. The summed E-state index contributed by atoms with van der Waals surface area (Å²) >= 11 is 0. The molecule has 0 aliphatic carbocycles. The van der Waals surface area contributed by atoms with Crippen molar-refractivity contribution in [1.82, 2.24) is 4.90 Å². The number of hydrogen-bond acceptors (Lipinski definition) is 4. The van der Waals surface area contributed by atoms with Crippen molar-refractivity contribution in [3.63, 3.8) is 0 Å². The molecular weight excluding hydrogens is 292 g/mol. The lowest BCUT2D eigenvalue weighted by molar-refractivity contribution is -0.136. The molecular formula is C14H20N2O4S. The van der Waals surface area contributed by atoms with E-state index in [1.165, 1.54) is 12.1 Å². The number of carbonyl (C=O) groups excluding carboxylic acids is 1. The number of hydrogen-bond donors (Lipinski definition) is 1. The number of rotatable bonds is 4. The Kier molecular flexibility index (Phi) is 4.53. The second kappa shape index (κ2) is 6.03. The van der Waals surface area contributed by atoms with Gasteiger partial charge in [-0.3, -0.25) is 4.79 Å². The monoisotopic (exact) mass is 312 g/mol. The molecule has 1 aliphatic rings. The molecule has 6 nitrogen and oxygen atoms in total. The molecule has 1 amide bonds. The van der Waals surface area contributed by atoms with Gasteiger partial charge in [0.05, 0.1) is 10.8 Å². The molecule has 1 atom stereocenters. The second-order valence-corrected chi connectivity index (χ2v) is 6.60. The number of fused-ring (bicyclic) bond motifs is 1. The van der Waals surface area contributed by atoms with Gasteiger partial charge in [-0.2, -0.15) is 0 Å². The van der Waals surface area contributed by atoms with Gasteiger partial charge in [0.2, 0.25) is 15.9 Å². The minimum Gasteiger partial charge on any atom is -0.492 e. The first-order valence-corrected chi connectivity index (χ1v) is 8.48. The van der Waals surface area contributed by atoms with Crippen molar-refractivity contribution < 1.29 is 17.9 Å². The predicted molar refractivity (Wildman–Crippen MR) is 78.4 cm³/mol. The van der Waals surface area contributed by atoms with E-state index in [0.717, 1.165) is 0 Å². The largest absolute Gasteiger partial charge is 0.492 e. The quantitative estimate of drug-likeness (QED) is 0.888. The molecule has 2 N–H and O–H groups in total. The molecule has 1 heterocycles. The van der Waals surface area contributed by atoms with Crippen LogP contribution in [-0.2, 0) is 21.2 Å². The smallest absolute Gasteiger partial charge is 0.238 e. The molecule has 0 saturated carbocycles. The van der Waals surface area contributed by atoms with Gasteiger partial charge in [0, 0.05) is 13.1 Å². The Morgan fingerprint density at radius 3 is 2.62 bits per heavy atom. The topological polar surface area (TPSA) is 89.7 Å². The van der Waals surface area contributed by atoms with Crippen LogP contribution >= 0.6 is 0 Å². The predicted octanol–water partition coefficient (Wildman–Crippen LogP) is 0.753. The number of nitrogens with zero attached hydrogens (tertiary/aromatic N) is 1. The summed E-state index contributed by atoms with van der Waals surface area (Å²) in [5, 5.41) is 5.13. The summed E-state index contributed by atoms with van der Waals surface area (Å²) < 4.78 is 28.4. The van der Waals surface area contributed by atoms with Crippen LogP contribution in [0.3, 0.4) is 0 Å². The average molecular weight is 312 g/mol. The van der Waals surface area contributed by atoms with Crippen LogP contribution in [-0.4, -0.2) is 38.9 Å². The zero-order chi connectivity index (χ0) is 15.6. The Balaban J connectivity index is 2.25. The highest BCUT2D eigenvalue weighted by molar-refractivity contribution is 7.89. The molecule has 7 heteroatoms. The van der Waals surface area contributed by atoms with Crippen LogP contribution in [0.4, 0.5) is 0 Å². The number of ether oxygens (including phenoxy) is 1. The summed E-state index contributed by atoms with van der Waals surface area (Å²) in [5.41, 5.74) is 0.707.